The van der Waals surface area contributed by atoms with Crippen LogP contribution in [0.15, 0.2) is 431 Å². The molecule has 0 radical (unpaired) electrons. The van der Waals surface area contributed by atoms with Gasteiger partial charge in [0.2, 0.25) is 0 Å². The van der Waals surface area contributed by atoms with Crippen molar-refractivity contribution in [2.24, 2.45) is 0 Å². The van der Waals surface area contributed by atoms with Crippen LogP contribution < -0.4 is 0 Å². The zero-order valence-electron chi connectivity index (χ0n) is 74.3. The summed E-state index contributed by atoms with van der Waals surface area (Å²) < 4.78 is 45.9. The van der Waals surface area contributed by atoms with Crippen molar-refractivity contribution >= 4 is 366 Å². The Labute approximate surface area is 807 Å². The van der Waals surface area contributed by atoms with E-state index in [1.165, 1.54) is 238 Å². The summed E-state index contributed by atoms with van der Waals surface area (Å²) in [5.74, 6) is 0. The monoisotopic (exact) mass is 1850 g/mol. The second-order valence-corrected chi connectivity index (χ2v) is 41.7. The fourth-order valence-electron chi connectivity index (χ4n) is 24.3. The van der Waals surface area contributed by atoms with Gasteiger partial charge in [-0.25, -0.2) is 0 Å². The first-order valence-corrected chi connectivity index (χ1v) is 50.7. The number of hydrogen-bond donors (Lipinski definition) is 0. The topological polar surface area (TPSA) is 70.2 Å². The molecule has 0 unspecified atom stereocenters. The zero-order valence-corrected chi connectivity index (χ0v) is 77.6. The molecule has 36 rings (SSSR count). The number of fused-ring (bicyclic) bond motifs is 62. The Morgan fingerprint density at radius 1 is 0.150 bits per heavy atom. The van der Waals surface area contributed by atoms with Crippen LogP contribution in [0, 0.1) is 0 Å². The molecule has 8 nitrogen and oxygen atoms in total. The number of hydrogen-bond acceptors (Lipinski definition) is 8. The number of nitrogens with zero attached hydrogens (tertiary/aromatic N) is 4. The van der Waals surface area contributed by atoms with Crippen molar-refractivity contribution in [3.05, 3.63) is 413 Å². The third kappa shape index (κ3) is 10.3. The highest BCUT2D eigenvalue weighted by atomic mass is 32.1. The second kappa shape index (κ2) is 28.2. The summed E-state index contributed by atoms with van der Waals surface area (Å²) >= 11 is 7.55. The molecule has 140 heavy (non-hydrogen) atoms. The fourth-order valence-corrected chi connectivity index (χ4v) is 29.1. The maximum atomic E-state index is 6.58. The summed E-state index contributed by atoms with van der Waals surface area (Å²) in [6.07, 6.45) is 9.09. The lowest BCUT2D eigenvalue weighted by atomic mass is 9.97. The van der Waals surface area contributed by atoms with Crippen molar-refractivity contribution in [3.8, 4) is 0 Å². The molecule has 0 bridgehead atoms. The Kier molecular flexibility index (Phi) is 15.3. The minimum atomic E-state index is 0.930. The van der Waals surface area contributed by atoms with E-state index >= 15 is 0 Å². The van der Waals surface area contributed by atoms with E-state index in [4.69, 9.17) is 17.7 Å². The molecular formula is C128H68N4O4S4. The lowest BCUT2D eigenvalue weighted by Crippen LogP contribution is -1.91. The Balaban J connectivity index is 0.0000000829. The lowest BCUT2D eigenvalue weighted by molar-refractivity contribution is 0.669. The summed E-state index contributed by atoms with van der Waals surface area (Å²) in [5.41, 5.74) is 17.1. The fraction of sp³-hybridized carbons (Fsp3) is 0. The van der Waals surface area contributed by atoms with Crippen LogP contribution in [-0.2, 0) is 0 Å². The number of pyridine rings is 4. The summed E-state index contributed by atoms with van der Waals surface area (Å²) in [5, 5.41) is 45.5. The van der Waals surface area contributed by atoms with Crippen LogP contribution in [0.1, 0.15) is 0 Å². The number of para-hydroxylation sites is 4. The third-order valence-electron chi connectivity index (χ3n) is 30.2. The van der Waals surface area contributed by atoms with Crippen molar-refractivity contribution in [2.75, 3.05) is 0 Å². The van der Waals surface area contributed by atoms with Gasteiger partial charge in [0.05, 0.1) is 44.1 Å². The van der Waals surface area contributed by atoms with Crippen LogP contribution in [0.3, 0.4) is 0 Å². The highest BCUT2D eigenvalue weighted by Gasteiger charge is 2.28. The minimum absolute atomic E-state index is 0.930. The normalized spacial score (nSPS) is 12.6. The number of benzene rings is 20. The molecule has 20 aromatic carbocycles. The van der Waals surface area contributed by atoms with Gasteiger partial charge in [0.15, 0.2) is 11.2 Å². The number of rotatable bonds is 0. The van der Waals surface area contributed by atoms with Gasteiger partial charge in [0, 0.05) is 268 Å². The maximum absolute atomic E-state index is 6.58. The van der Waals surface area contributed by atoms with Crippen LogP contribution in [0.5, 0.6) is 0 Å². The second-order valence-electron chi connectivity index (χ2n) is 37.4. The number of furan rings is 4. The molecular weight excluding hydrogens is 1790 g/mol. The molecule has 16 aromatic heterocycles. The van der Waals surface area contributed by atoms with Gasteiger partial charge in [-0.1, -0.05) is 291 Å². The van der Waals surface area contributed by atoms with Gasteiger partial charge in [-0.15, -0.1) is 45.3 Å². The molecule has 0 aliphatic carbocycles. The van der Waals surface area contributed by atoms with E-state index in [1.807, 2.05) is 69.6 Å². The standard InChI is InChI=1S/4C32H17NOS/c1-2-8-19-18(7-1)17-33-29(19)24-16-14-23-21-10-4-6-12-27(21)35-32(23)28(24)25-15-13-22-20-9-3-5-11-26(20)34-31(22)30(25)33;1-2-8-19-18(7-1)17-33-25-16-27-23(20-9-3-5-11-26(20)34-27)15-24(25)30-22(32(19)33)13-14-29-31(30)21-10-4-6-12-28(21)35-29;1-2-8-19-18(7-1)17-33-26-16-28-24(20-9-3-5-11-27(20)34-28)15-25(26)30-23(31(19)33)14-13-22-21-10-4-6-12-29(21)35-32(22)30;1-2-8-19-18(7-1)17-33-30(19)23-15-16-27-29(22-10-4-6-12-26(22)35-27)28(23)24-14-13-21-20-9-3-5-11-25(20)34-32(21)31(24)33/h4*1-17H. The van der Waals surface area contributed by atoms with Gasteiger partial charge in [-0.05, 0) is 84.9 Å². The largest absolute Gasteiger partial charge is 0.456 e. The first-order valence-electron chi connectivity index (χ1n) is 47.4. The van der Waals surface area contributed by atoms with E-state index in [0.29, 0.717) is 0 Å². The molecule has 0 aliphatic rings. The molecule has 0 aliphatic heterocycles. The Morgan fingerprint density at radius 3 is 0.836 bits per heavy atom. The van der Waals surface area contributed by atoms with Crippen LogP contribution in [0.25, 0.3) is 320 Å². The summed E-state index contributed by atoms with van der Waals surface area (Å²) in [7, 11) is 0. The molecule has 648 valence electrons. The van der Waals surface area contributed by atoms with Gasteiger partial charge < -0.3 is 35.3 Å². The van der Waals surface area contributed by atoms with Crippen molar-refractivity contribution in [1.82, 2.24) is 17.6 Å². The van der Waals surface area contributed by atoms with Gasteiger partial charge in [0.1, 0.15) is 33.5 Å². The van der Waals surface area contributed by atoms with Crippen LogP contribution in [0.4, 0.5) is 0 Å². The van der Waals surface area contributed by atoms with Crippen molar-refractivity contribution in [1.29, 1.82) is 0 Å². The molecule has 0 spiro atoms. The van der Waals surface area contributed by atoms with E-state index in [-0.39, 0.29) is 0 Å². The number of thiophene rings is 4. The average molecular weight is 1850 g/mol. The lowest BCUT2D eigenvalue weighted by Gasteiger charge is -2.12. The highest BCUT2D eigenvalue weighted by molar-refractivity contribution is 7.28. The summed E-state index contributed by atoms with van der Waals surface area (Å²) in [6, 6.07) is 140. The molecule has 16 heterocycles. The molecule has 36 aromatic rings. The molecule has 0 atom stereocenters. The van der Waals surface area contributed by atoms with Crippen molar-refractivity contribution < 1.29 is 17.7 Å². The van der Waals surface area contributed by atoms with Crippen molar-refractivity contribution in [2.45, 2.75) is 0 Å². The van der Waals surface area contributed by atoms with Gasteiger partial charge in [-0.3, -0.25) is 0 Å². The summed E-state index contributed by atoms with van der Waals surface area (Å²) in [4.78, 5) is 0. The number of aromatic nitrogens is 4. The summed E-state index contributed by atoms with van der Waals surface area (Å²) in [6.45, 7) is 0. The molecule has 0 fully saturated rings. The Hall–Kier alpha value is -17.4. The minimum Gasteiger partial charge on any atom is -0.456 e. The Bertz CT molecular complexity index is 12000. The van der Waals surface area contributed by atoms with E-state index in [2.05, 4.69) is 406 Å². The quantitative estimate of drug-likeness (QED) is 0.142. The zero-order chi connectivity index (χ0) is 90.7. The van der Waals surface area contributed by atoms with E-state index in [0.717, 1.165) is 82.6 Å². The molecule has 12 heteroatoms. The highest BCUT2D eigenvalue weighted by Crippen LogP contribution is 2.54. The van der Waals surface area contributed by atoms with E-state index in [9.17, 15) is 0 Å². The van der Waals surface area contributed by atoms with Gasteiger partial charge in [0.25, 0.3) is 0 Å². The average Bonchev–Trinajstić information content (AvgIpc) is 1.56. The molecule has 0 saturated heterocycles. The van der Waals surface area contributed by atoms with Crippen LogP contribution in [-0.4, -0.2) is 17.6 Å². The van der Waals surface area contributed by atoms with Crippen LogP contribution in [0.2, 0.25) is 0 Å². The SMILES string of the molecule is c1ccc2c(c1)cn1c2c2ccc3c4ccccc4sc3c2c2ccc3c4ccccc4oc3c21.c1ccc2c(c1)cn1c2c2ccc3sc4ccccc4c3c2c2ccc3c4ccccc4oc3c21.c1ccc2c(c1)cn1c3cc4oc5ccccc5c4cc3c3c(ccc4c5ccccc5sc43)c21.c1ccc2c(c1)cn1c3cc4oc5ccccc5c4cc3c3c(ccc4sc5ccccc5c43)c21. The predicted molar refractivity (Wildman–Crippen MR) is 600 cm³/mol. The smallest absolute Gasteiger partial charge is 0.160 e. The van der Waals surface area contributed by atoms with Crippen LogP contribution >= 0.6 is 45.3 Å². The molecule has 0 saturated carbocycles. The molecule has 0 amide bonds. The maximum Gasteiger partial charge on any atom is 0.160 e. The van der Waals surface area contributed by atoms with E-state index in [1.54, 1.807) is 0 Å². The third-order valence-corrected chi connectivity index (χ3v) is 34.9. The van der Waals surface area contributed by atoms with Gasteiger partial charge in [-0.2, -0.15) is 0 Å². The molecule has 0 N–H and O–H groups in total. The first-order chi connectivity index (χ1) is 69.4. The Morgan fingerprint density at radius 2 is 0.421 bits per heavy atom. The van der Waals surface area contributed by atoms with Gasteiger partial charge >= 0.3 is 0 Å². The van der Waals surface area contributed by atoms with Crippen molar-refractivity contribution in [3.63, 3.8) is 0 Å². The van der Waals surface area contributed by atoms with E-state index < -0.39 is 0 Å². The predicted octanol–water partition coefficient (Wildman–Crippen LogP) is 38.7. The first kappa shape index (κ1) is 75.9.